The third kappa shape index (κ3) is 4.75. The van der Waals surface area contributed by atoms with Crippen LogP contribution in [0.4, 0.5) is 0 Å². The van der Waals surface area contributed by atoms with Crippen LogP contribution in [-0.4, -0.2) is 75.4 Å². The lowest BCUT2D eigenvalue weighted by molar-refractivity contribution is -0.139. The highest BCUT2D eigenvalue weighted by Crippen LogP contribution is 2.23. The number of carbonyl (C=O) groups is 2. The molecule has 178 valence electrons. The molecule has 0 saturated carbocycles. The lowest BCUT2D eigenvalue weighted by Gasteiger charge is -2.40. The van der Waals surface area contributed by atoms with Gasteiger partial charge in [-0.3, -0.25) is 14.5 Å². The molecule has 0 spiro atoms. The Morgan fingerprint density at radius 2 is 1.82 bits per heavy atom. The number of carbonyl (C=O) groups excluding carboxylic acids is 2. The van der Waals surface area contributed by atoms with E-state index in [4.69, 9.17) is 8.94 Å². The van der Waals surface area contributed by atoms with Crippen LogP contribution in [-0.2, 0) is 11.3 Å². The van der Waals surface area contributed by atoms with Crippen molar-refractivity contribution in [3.05, 3.63) is 59.9 Å². The monoisotopic (exact) mass is 463 g/mol. The maximum absolute atomic E-state index is 13.3. The van der Waals surface area contributed by atoms with Gasteiger partial charge in [0.25, 0.3) is 5.91 Å². The van der Waals surface area contributed by atoms with Crippen molar-refractivity contribution in [2.45, 2.75) is 38.8 Å². The largest absolute Gasteiger partial charge is 0.459 e. The molecule has 2 aromatic heterocycles. The molecule has 1 unspecified atom stereocenters. The van der Waals surface area contributed by atoms with E-state index in [1.807, 2.05) is 36.1 Å². The average molecular weight is 464 g/mol. The minimum Gasteiger partial charge on any atom is -0.459 e. The zero-order chi connectivity index (χ0) is 23.5. The van der Waals surface area contributed by atoms with Crippen LogP contribution in [0, 0.1) is 6.92 Å². The van der Waals surface area contributed by atoms with Gasteiger partial charge in [-0.1, -0.05) is 35.0 Å². The van der Waals surface area contributed by atoms with E-state index >= 15 is 0 Å². The van der Waals surface area contributed by atoms with Crippen LogP contribution in [0.2, 0.25) is 0 Å². The molecule has 4 heterocycles. The first kappa shape index (κ1) is 22.3. The molecule has 34 heavy (non-hydrogen) atoms. The summed E-state index contributed by atoms with van der Waals surface area (Å²) in [5.74, 6) is 1.26. The van der Waals surface area contributed by atoms with Crippen molar-refractivity contribution < 1.29 is 18.5 Å². The zero-order valence-electron chi connectivity index (χ0n) is 19.4. The van der Waals surface area contributed by atoms with Crippen LogP contribution in [0.5, 0.6) is 0 Å². The minimum atomic E-state index is -0.425. The smallest absolute Gasteiger partial charge is 0.290 e. The van der Waals surface area contributed by atoms with E-state index in [-0.39, 0.29) is 17.6 Å². The lowest BCUT2D eigenvalue weighted by atomic mass is 10.00. The Bertz CT molecular complexity index is 1120. The molecule has 2 aliphatic heterocycles. The van der Waals surface area contributed by atoms with Crippen LogP contribution >= 0.6 is 0 Å². The average Bonchev–Trinajstić information content (AvgIpc) is 3.57. The van der Waals surface area contributed by atoms with Crippen molar-refractivity contribution >= 4 is 11.8 Å². The van der Waals surface area contributed by atoms with Crippen molar-refractivity contribution in [3.63, 3.8) is 0 Å². The highest BCUT2D eigenvalue weighted by atomic mass is 16.5. The Kier molecular flexibility index (Phi) is 6.44. The van der Waals surface area contributed by atoms with E-state index in [2.05, 4.69) is 15.0 Å². The highest BCUT2D eigenvalue weighted by Gasteiger charge is 2.37. The maximum atomic E-state index is 13.3. The standard InChI is InChI=1S/C25H29N5O4/c1-18-7-9-19(10-8-18)23-26-22(34-27-23)17-28-12-14-29(15-13-28)24(31)20-5-2-3-11-30(20)25(32)21-6-4-16-33-21/h4,6-10,16,20H,2-3,5,11-15,17H2,1H3. The first-order valence-corrected chi connectivity index (χ1v) is 11.8. The summed E-state index contributed by atoms with van der Waals surface area (Å²) < 4.78 is 10.7. The Labute approximate surface area is 198 Å². The fourth-order valence-corrected chi connectivity index (χ4v) is 4.64. The summed E-state index contributed by atoms with van der Waals surface area (Å²) in [5.41, 5.74) is 2.11. The number of piperidine rings is 1. The second kappa shape index (κ2) is 9.80. The number of hydrogen-bond donors (Lipinski definition) is 0. The molecular weight excluding hydrogens is 434 g/mol. The SMILES string of the molecule is Cc1ccc(-c2noc(CN3CCN(C(=O)C4CCCCN4C(=O)c4ccco4)CC3)n2)cc1. The summed E-state index contributed by atoms with van der Waals surface area (Å²) in [6, 6.07) is 10.9. The molecule has 2 fully saturated rings. The van der Waals surface area contributed by atoms with Crippen LogP contribution < -0.4 is 0 Å². The Morgan fingerprint density at radius 3 is 2.56 bits per heavy atom. The number of likely N-dealkylation sites (tertiary alicyclic amines) is 1. The summed E-state index contributed by atoms with van der Waals surface area (Å²) in [4.78, 5) is 36.5. The number of piperazine rings is 1. The molecular formula is C25H29N5O4. The fourth-order valence-electron chi connectivity index (χ4n) is 4.64. The van der Waals surface area contributed by atoms with Gasteiger partial charge in [0.2, 0.25) is 17.6 Å². The summed E-state index contributed by atoms with van der Waals surface area (Å²) in [6.07, 6.45) is 4.02. The first-order chi connectivity index (χ1) is 16.6. The van der Waals surface area contributed by atoms with Gasteiger partial charge in [0.1, 0.15) is 6.04 Å². The van der Waals surface area contributed by atoms with Crippen LogP contribution in [0.25, 0.3) is 11.4 Å². The molecule has 0 bridgehead atoms. The normalized spacial score (nSPS) is 19.4. The van der Waals surface area contributed by atoms with Gasteiger partial charge in [0.15, 0.2) is 5.76 Å². The number of nitrogens with zero attached hydrogens (tertiary/aromatic N) is 5. The fraction of sp³-hybridized carbons (Fsp3) is 0.440. The van der Waals surface area contributed by atoms with E-state index in [1.54, 1.807) is 17.0 Å². The topological polar surface area (TPSA) is 95.9 Å². The summed E-state index contributed by atoms with van der Waals surface area (Å²) >= 11 is 0. The van der Waals surface area contributed by atoms with Gasteiger partial charge in [-0.25, -0.2) is 0 Å². The highest BCUT2D eigenvalue weighted by molar-refractivity contribution is 5.95. The predicted molar refractivity (Wildman–Crippen MR) is 124 cm³/mol. The van der Waals surface area contributed by atoms with E-state index in [0.29, 0.717) is 57.4 Å². The molecule has 2 aliphatic rings. The molecule has 9 nitrogen and oxygen atoms in total. The molecule has 0 aliphatic carbocycles. The molecule has 5 rings (SSSR count). The number of amides is 2. The Balaban J connectivity index is 1.17. The number of aryl methyl sites for hydroxylation is 1. The summed E-state index contributed by atoms with van der Waals surface area (Å²) in [7, 11) is 0. The van der Waals surface area contributed by atoms with E-state index < -0.39 is 6.04 Å². The third-order valence-corrected chi connectivity index (χ3v) is 6.60. The molecule has 1 atom stereocenters. The Morgan fingerprint density at radius 1 is 1.03 bits per heavy atom. The number of rotatable bonds is 5. The summed E-state index contributed by atoms with van der Waals surface area (Å²) in [6.45, 7) is 5.82. The second-order valence-corrected chi connectivity index (χ2v) is 8.97. The van der Waals surface area contributed by atoms with Gasteiger partial charge in [0, 0.05) is 38.3 Å². The van der Waals surface area contributed by atoms with Crippen molar-refractivity contribution in [3.8, 4) is 11.4 Å². The quantitative estimate of drug-likeness (QED) is 0.574. The summed E-state index contributed by atoms with van der Waals surface area (Å²) in [5, 5.41) is 4.11. The number of benzene rings is 1. The van der Waals surface area contributed by atoms with Crippen molar-refractivity contribution in [2.75, 3.05) is 32.7 Å². The number of furan rings is 1. The minimum absolute atomic E-state index is 0.0266. The predicted octanol–water partition coefficient (Wildman–Crippen LogP) is 2.98. The van der Waals surface area contributed by atoms with Gasteiger partial charge >= 0.3 is 0 Å². The van der Waals surface area contributed by atoms with E-state index in [1.165, 1.54) is 11.8 Å². The lowest BCUT2D eigenvalue weighted by Crippen LogP contribution is -2.57. The van der Waals surface area contributed by atoms with Gasteiger partial charge in [-0.05, 0) is 38.3 Å². The van der Waals surface area contributed by atoms with Crippen molar-refractivity contribution in [1.82, 2.24) is 24.8 Å². The van der Waals surface area contributed by atoms with E-state index in [9.17, 15) is 9.59 Å². The zero-order valence-corrected chi connectivity index (χ0v) is 19.4. The Hall–Kier alpha value is -3.46. The van der Waals surface area contributed by atoms with E-state index in [0.717, 1.165) is 18.4 Å². The number of aromatic nitrogens is 2. The third-order valence-electron chi connectivity index (χ3n) is 6.60. The van der Waals surface area contributed by atoms with Crippen LogP contribution in [0.3, 0.4) is 0 Å². The van der Waals surface area contributed by atoms with Crippen molar-refractivity contribution in [1.29, 1.82) is 0 Å². The molecule has 1 aromatic carbocycles. The molecule has 0 N–H and O–H groups in total. The molecule has 3 aromatic rings. The van der Waals surface area contributed by atoms with Crippen molar-refractivity contribution in [2.24, 2.45) is 0 Å². The first-order valence-electron chi connectivity index (χ1n) is 11.8. The maximum Gasteiger partial charge on any atom is 0.290 e. The molecule has 0 radical (unpaired) electrons. The van der Waals surface area contributed by atoms with Gasteiger partial charge in [-0.2, -0.15) is 4.98 Å². The van der Waals surface area contributed by atoms with Gasteiger partial charge in [0.05, 0.1) is 12.8 Å². The second-order valence-electron chi connectivity index (χ2n) is 8.97. The molecule has 2 amide bonds. The van der Waals surface area contributed by atoms with Crippen LogP contribution in [0.15, 0.2) is 51.6 Å². The van der Waals surface area contributed by atoms with Crippen LogP contribution in [0.1, 0.15) is 41.3 Å². The van der Waals surface area contributed by atoms with Gasteiger partial charge in [-0.15, -0.1) is 0 Å². The molecule has 9 heteroatoms. The molecule has 2 saturated heterocycles. The number of hydrogen-bond acceptors (Lipinski definition) is 7. The van der Waals surface area contributed by atoms with Gasteiger partial charge < -0.3 is 18.7 Å².